The van der Waals surface area contributed by atoms with E-state index in [0.29, 0.717) is 0 Å². The van der Waals surface area contributed by atoms with E-state index in [1.54, 1.807) is 42.2 Å². The average molecular weight is 432 g/mol. The fraction of sp³-hybridized carbons (Fsp3) is 1.00. The maximum absolute atomic E-state index is 2.41. The number of hydrogen-bond acceptors (Lipinski definition) is 0. The van der Waals surface area contributed by atoms with Crippen LogP contribution in [-0.4, -0.2) is 0 Å². The molecule has 0 N–H and O–H groups in total. The predicted molar refractivity (Wildman–Crippen MR) is 116 cm³/mol. The first-order valence-corrected chi connectivity index (χ1v) is 18.6. The Kier molecular flexibility index (Phi) is 15.4. The molecule has 0 aromatic rings. The summed E-state index contributed by atoms with van der Waals surface area (Å²) in [6.07, 6.45) is 12.0. The molecule has 0 saturated heterocycles. The molecule has 0 atom stereocenters. The summed E-state index contributed by atoms with van der Waals surface area (Å²) < 4.78 is 6.78. The van der Waals surface area contributed by atoms with Crippen molar-refractivity contribution in [3.8, 4) is 0 Å². The van der Waals surface area contributed by atoms with Gasteiger partial charge in [-0.05, 0) is 0 Å². The number of rotatable bonds is 16. The Bertz CT molecular complexity index is 229. The van der Waals surface area contributed by atoms with Crippen LogP contribution < -0.4 is 0 Å². The molecule has 0 heterocycles. The standard InChI is InChI=1S/4C6H13.Zr/c4*1-4-5-6(2)3;/h4*6H,1,4-5H2,2-3H3;. The molecule has 1 heteroatoms. The molecule has 0 saturated carbocycles. The van der Waals surface area contributed by atoms with Gasteiger partial charge in [-0.15, -0.1) is 0 Å². The Hall–Kier alpha value is 0.883. The molecule has 0 spiro atoms. The van der Waals surface area contributed by atoms with Crippen LogP contribution in [-0.2, 0) is 20.3 Å². The van der Waals surface area contributed by atoms with Gasteiger partial charge in [-0.2, -0.15) is 0 Å². The quantitative estimate of drug-likeness (QED) is 0.228. The van der Waals surface area contributed by atoms with Crippen molar-refractivity contribution in [1.29, 1.82) is 0 Å². The van der Waals surface area contributed by atoms with Crippen molar-refractivity contribution in [2.75, 3.05) is 0 Å². The van der Waals surface area contributed by atoms with Crippen molar-refractivity contribution >= 4 is 0 Å². The summed E-state index contributed by atoms with van der Waals surface area (Å²) in [5.41, 5.74) is 0. The second kappa shape index (κ2) is 14.9. The van der Waals surface area contributed by atoms with E-state index in [1.807, 2.05) is 0 Å². The normalized spacial score (nSPS) is 13.0. The maximum atomic E-state index is 2.41. The third-order valence-corrected chi connectivity index (χ3v) is 19.9. The van der Waals surface area contributed by atoms with Crippen molar-refractivity contribution in [2.45, 2.75) is 123 Å². The Morgan fingerprint density at radius 1 is 0.400 bits per heavy atom. The van der Waals surface area contributed by atoms with Crippen molar-refractivity contribution in [3.63, 3.8) is 0 Å². The third-order valence-electron chi connectivity index (χ3n) is 5.95. The second-order valence-electron chi connectivity index (χ2n) is 10.6. The first-order chi connectivity index (χ1) is 11.7. The third kappa shape index (κ3) is 15.6. The van der Waals surface area contributed by atoms with Crippen LogP contribution in [0.4, 0.5) is 0 Å². The van der Waals surface area contributed by atoms with Crippen LogP contribution in [0, 0.1) is 23.7 Å². The molecule has 0 nitrogen and oxygen atoms in total. The van der Waals surface area contributed by atoms with E-state index < -0.39 is 20.3 Å². The van der Waals surface area contributed by atoms with Gasteiger partial charge in [-0.1, -0.05) is 0 Å². The zero-order valence-electron chi connectivity index (χ0n) is 19.3. The zero-order valence-corrected chi connectivity index (χ0v) is 21.8. The topological polar surface area (TPSA) is 0 Å². The molecule has 0 radical (unpaired) electrons. The summed E-state index contributed by atoms with van der Waals surface area (Å²) in [4.78, 5) is 0. The Morgan fingerprint density at radius 3 is 0.760 bits per heavy atom. The van der Waals surface area contributed by atoms with Crippen LogP contribution in [0.2, 0.25) is 16.5 Å². The van der Waals surface area contributed by atoms with E-state index in [4.69, 9.17) is 0 Å². The van der Waals surface area contributed by atoms with E-state index >= 15 is 0 Å². The summed E-state index contributed by atoms with van der Waals surface area (Å²) in [5, 5.41) is 0. The molecule has 0 aliphatic carbocycles. The van der Waals surface area contributed by atoms with E-state index in [9.17, 15) is 0 Å². The van der Waals surface area contributed by atoms with Gasteiger partial charge in [0.05, 0.1) is 0 Å². The van der Waals surface area contributed by atoms with Gasteiger partial charge < -0.3 is 0 Å². The van der Waals surface area contributed by atoms with Gasteiger partial charge in [0.2, 0.25) is 0 Å². The zero-order chi connectivity index (χ0) is 19.3. The van der Waals surface area contributed by atoms with Crippen LogP contribution in [0.3, 0.4) is 0 Å². The molecule has 0 aliphatic heterocycles. The molecule has 25 heavy (non-hydrogen) atoms. The average Bonchev–Trinajstić information content (AvgIpc) is 2.45. The monoisotopic (exact) mass is 430 g/mol. The van der Waals surface area contributed by atoms with Gasteiger partial charge in [-0.3, -0.25) is 0 Å². The first kappa shape index (κ1) is 25.9. The van der Waals surface area contributed by atoms with Crippen molar-refractivity contribution in [2.24, 2.45) is 23.7 Å². The predicted octanol–water partition coefficient (Wildman–Crippen LogP) is 9.56. The van der Waals surface area contributed by atoms with E-state index in [0.717, 1.165) is 23.7 Å². The van der Waals surface area contributed by atoms with E-state index in [-0.39, 0.29) is 0 Å². The van der Waals surface area contributed by atoms with Gasteiger partial charge in [0, 0.05) is 0 Å². The van der Waals surface area contributed by atoms with Gasteiger partial charge in [0.25, 0.3) is 0 Å². The summed E-state index contributed by atoms with van der Waals surface area (Å²) in [5.74, 6) is 3.58. The number of hydrogen-bond donors (Lipinski definition) is 0. The van der Waals surface area contributed by atoms with E-state index in [2.05, 4.69) is 55.4 Å². The minimum atomic E-state index is -1.94. The molecule has 0 rings (SSSR count). The molecular formula is C24H52Zr. The molecule has 152 valence electrons. The van der Waals surface area contributed by atoms with Gasteiger partial charge >= 0.3 is 167 Å². The van der Waals surface area contributed by atoms with Gasteiger partial charge in [0.1, 0.15) is 0 Å². The fourth-order valence-electron chi connectivity index (χ4n) is 4.29. The SMILES string of the molecule is CC(C)CC[CH2][Zr]([CH2]CCC(C)C)([CH2]CCC(C)C)[CH2]CCC(C)C. The summed E-state index contributed by atoms with van der Waals surface area (Å²) in [7, 11) is 0. The van der Waals surface area contributed by atoms with Crippen LogP contribution in [0.15, 0.2) is 0 Å². The summed E-state index contributed by atoms with van der Waals surface area (Å²) in [6, 6.07) is 0. The Morgan fingerprint density at radius 2 is 0.600 bits per heavy atom. The van der Waals surface area contributed by atoms with E-state index in [1.165, 1.54) is 25.7 Å². The summed E-state index contributed by atoms with van der Waals surface area (Å²) >= 11 is -1.94. The molecule has 0 aromatic carbocycles. The Labute approximate surface area is 166 Å². The molecular weight excluding hydrogens is 379 g/mol. The van der Waals surface area contributed by atoms with Crippen LogP contribution in [0.25, 0.3) is 0 Å². The van der Waals surface area contributed by atoms with Crippen LogP contribution in [0.5, 0.6) is 0 Å². The molecule has 0 unspecified atom stereocenters. The minimum absolute atomic E-state index is 0.894. The van der Waals surface area contributed by atoms with Crippen molar-refractivity contribution in [1.82, 2.24) is 0 Å². The molecule has 0 fully saturated rings. The molecule has 0 aliphatic rings. The molecule has 0 bridgehead atoms. The molecule has 0 amide bonds. The Balaban J connectivity index is 4.85. The summed E-state index contributed by atoms with van der Waals surface area (Å²) in [6.45, 7) is 19.3. The van der Waals surface area contributed by atoms with Crippen molar-refractivity contribution in [3.05, 3.63) is 0 Å². The van der Waals surface area contributed by atoms with Gasteiger partial charge in [0.15, 0.2) is 0 Å². The fourth-order valence-corrected chi connectivity index (χ4v) is 17.4. The van der Waals surface area contributed by atoms with Crippen LogP contribution in [0.1, 0.15) is 107 Å². The van der Waals surface area contributed by atoms with Crippen molar-refractivity contribution < 1.29 is 20.3 Å². The van der Waals surface area contributed by atoms with Crippen LogP contribution >= 0.6 is 0 Å². The first-order valence-electron chi connectivity index (χ1n) is 11.7. The molecule has 0 aromatic heterocycles. The van der Waals surface area contributed by atoms with Gasteiger partial charge in [-0.25, -0.2) is 0 Å². The second-order valence-corrected chi connectivity index (χ2v) is 22.9.